The fourth-order valence-electron chi connectivity index (χ4n) is 1.73. The molecule has 0 aliphatic rings. The van der Waals surface area contributed by atoms with Gasteiger partial charge in [-0.3, -0.25) is 0 Å². The Morgan fingerprint density at radius 1 is 1.26 bits per heavy atom. The fourth-order valence-corrected chi connectivity index (χ4v) is 1.94. The Hall–Kier alpha value is -2.07. The van der Waals surface area contributed by atoms with Gasteiger partial charge >= 0.3 is 5.97 Å². The minimum absolute atomic E-state index is 0.246. The van der Waals surface area contributed by atoms with Crippen molar-refractivity contribution < 1.29 is 14.3 Å². The summed E-state index contributed by atoms with van der Waals surface area (Å²) in [6.45, 7) is 1.71. The van der Waals surface area contributed by atoms with Crippen LogP contribution in [-0.2, 0) is 0 Å². The number of aryl methyl sites for hydroxylation is 1. The van der Waals surface area contributed by atoms with Gasteiger partial charge in [0, 0.05) is 5.69 Å². The van der Waals surface area contributed by atoms with E-state index in [1.54, 1.807) is 19.1 Å². The number of rotatable bonds is 3. The molecule has 0 aliphatic heterocycles. The molecule has 0 spiro atoms. The molecule has 2 aromatic rings. The number of aromatic carboxylic acids is 1. The molecule has 0 aliphatic carbocycles. The van der Waals surface area contributed by atoms with Crippen molar-refractivity contribution in [2.75, 3.05) is 5.32 Å². The highest BCUT2D eigenvalue weighted by Gasteiger charge is 2.08. The number of halogens is 2. The number of anilines is 2. The topological polar surface area (TPSA) is 49.3 Å². The Kier molecular flexibility index (Phi) is 3.71. The van der Waals surface area contributed by atoms with Gasteiger partial charge in [0.05, 0.1) is 16.3 Å². The molecule has 0 amide bonds. The summed E-state index contributed by atoms with van der Waals surface area (Å²) in [5.41, 5.74) is 2.13. The Morgan fingerprint density at radius 2 is 2.00 bits per heavy atom. The zero-order valence-corrected chi connectivity index (χ0v) is 10.8. The van der Waals surface area contributed by atoms with Crippen LogP contribution in [0.1, 0.15) is 15.9 Å². The van der Waals surface area contributed by atoms with E-state index in [-0.39, 0.29) is 10.6 Å². The van der Waals surface area contributed by atoms with Crippen molar-refractivity contribution in [3.05, 3.63) is 58.4 Å². The summed E-state index contributed by atoms with van der Waals surface area (Å²) in [6.07, 6.45) is 0. The van der Waals surface area contributed by atoms with Crippen molar-refractivity contribution >= 4 is 28.9 Å². The Balaban J connectivity index is 2.29. The average molecular weight is 280 g/mol. The van der Waals surface area contributed by atoms with E-state index < -0.39 is 11.8 Å². The second-order valence-corrected chi connectivity index (χ2v) is 4.49. The van der Waals surface area contributed by atoms with Gasteiger partial charge in [-0.1, -0.05) is 11.6 Å². The van der Waals surface area contributed by atoms with E-state index in [2.05, 4.69) is 5.32 Å². The van der Waals surface area contributed by atoms with E-state index in [4.69, 9.17) is 16.7 Å². The maximum absolute atomic E-state index is 12.9. The van der Waals surface area contributed by atoms with Crippen LogP contribution in [0.5, 0.6) is 0 Å². The van der Waals surface area contributed by atoms with Crippen molar-refractivity contribution in [2.45, 2.75) is 6.92 Å². The summed E-state index contributed by atoms with van der Waals surface area (Å²) >= 11 is 5.90. The summed E-state index contributed by atoms with van der Waals surface area (Å²) in [5.74, 6) is -1.38. The second kappa shape index (κ2) is 5.28. The lowest BCUT2D eigenvalue weighted by Crippen LogP contribution is -2.00. The highest BCUT2D eigenvalue weighted by Crippen LogP contribution is 2.27. The first-order chi connectivity index (χ1) is 8.97. The summed E-state index contributed by atoms with van der Waals surface area (Å²) in [6, 6.07) is 8.88. The van der Waals surface area contributed by atoms with E-state index in [0.29, 0.717) is 16.9 Å². The van der Waals surface area contributed by atoms with Crippen molar-refractivity contribution in [1.29, 1.82) is 0 Å². The molecule has 2 aromatic carbocycles. The number of carbonyl (C=O) groups is 1. The lowest BCUT2D eigenvalue weighted by Gasteiger charge is -2.10. The van der Waals surface area contributed by atoms with Gasteiger partial charge in [-0.2, -0.15) is 0 Å². The lowest BCUT2D eigenvalue weighted by molar-refractivity contribution is 0.0696. The first kappa shape index (κ1) is 13.4. The first-order valence-electron chi connectivity index (χ1n) is 5.53. The van der Waals surface area contributed by atoms with Gasteiger partial charge < -0.3 is 10.4 Å². The minimum atomic E-state index is -0.969. The predicted molar refractivity (Wildman–Crippen MR) is 72.8 cm³/mol. The minimum Gasteiger partial charge on any atom is -0.478 e. The Labute approximate surface area is 114 Å². The number of carboxylic acid groups (broad SMARTS) is 1. The van der Waals surface area contributed by atoms with Crippen molar-refractivity contribution in [1.82, 2.24) is 0 Å². The van der Waals surface area contributed by atoms with Gasteiger partial charge in [0.25, 0.3) is 0 Å². The van der Waals surface area contributed by atoms with Crippen molar-refractivity contribution in [2.24, 2.45) is 0 Å². The predicted octanol–water partition coefficient (Wildman–Crippen LogP) is 4.23. The van der Waals surface area contributed by atoms with Crippen LogP contribution in [0.4, 0.5) is 15.8 Å². The van der Waals surface area contributed by atoms with Gasteiger partial charge in [0.1, 0.15) is 5.82 Å². The largest absolute Gasteiger partial charge is 0.478 e. The molecule has 0 saturated carbocycles. The van der Waals surface area contributed by atoms with Gasteiger partial charge in [-0.05, 0) is 48.9 Å². The first-order valence-corrected chi connectivity index (χ1v) is 5.91. The number of carboxylic acids is 1. The molecule has 0 radical (unpaired) electrons. The fraction of sp³-hybridized carbons (Fsp3) is 0.0714. The van der Waals surface area contributed by atoms with Gasteiger partial charge in [-0.15, -0.1) is 0 Å². The molecule has 2 rings (SSSR count). The maximum Gasteiger partial charge on any atom is 0.335 e. The summed E-state index contributed by atoms with van der Waals surface area (Å²) in [7, 11) is 0. The molecule has 0 heterocycles. The average Bonchev–Trinajstić information content (AvgIpc) is 2.32. The molecule has 0 atom stereocenters. The van der Waals surface area contributed by atoms with Crippen LogP contribution in [0, 0.1) is 12.7 Å². The molecular weight excluding hydrogens is 269 g/mol. The third kappa shape index (κ3) is 3.03. The van der Waals surface area contributed by atoms with Gasteiger partial charge in [-0.25, -0.2) is 9.18 Å². The van der Waals surface area contributed by atoms with E-state index >= 15 is 0 Å². The highest BCUT2D eigenvalue weighted by molar-refractivity contribution is 6.33. The number of nitrogens with one attached hydrogen (secondary N) is 1. The van der Waals surface area contributed by atoms with Crippen molar-refractivity contribution in [3.8, 4) is 0 Å². The third-order valence-corrected chi connectivity index (χ3v) is 2.98. The summed E-state index contributed by atoms with van der Waals surface area (Å²) in [5, 5.41) is 12.2. The second-order valence-electron chi connectivity index (χ2n) is 4.08. The molecule has 0 bridgehead atoms. The SMILES string of the molecule is Cc1cc(Nc2ccc(F)cc2Cl)ccc1C(=O)O. The zero-order valence-electron chi connectivity index (χ0n) is 10.1. The lowest BCUT2D eigenvalue weighted by atomic mass is 10.1. The molecule has 19 heavy (non-hydrogen) atoms. The molecule has 2 N–H and O–H groups in total. The van der Waals surface area contributed by atoms with E-state index in [9.17, 15) is 9.18 Å². The number of hydrogen-bond donors (Lipinski definition) is 2. The molecule has 0 saturated heterocycles. The molecular formula is C14H11ClFNO2. The maximum atomic E-state index is 12.9. The zero-order chi connectivity index (χ0) is 14.0. The number of hydrogen-bond acceptors (Lipinski definition) is 2. The normalized spacial score (nSPS) is 10.3. The van der Waals surface area contributed by atoms with E-state index in [1.165, 1.54) is 24.3 Å². The summed E-state index contributed by atoms with van der Waals surface area (Å²) < 4.78 is 12.9. The van der Waals surface area contributed by atoms with Crippen LogP contribution in [0.25, 0.3) is 0 Å². The molecule has 98 valence electrons. The van der Waals surface area contributed by atoms with Crippen LogP contribution >= 0.6 is 11.6 Å². The van der Waals surface area contributed by atoms with Crippen LogP contribution in [0.15, 0.2) is 36.4 Å². The quantitative estimate of drug-likeness (QED) is 0.884. The Morgan fingerprint density at radius 3 is 2.58 bits per heavy atom. The van der Waals surface area contributed by atoms with Crippen LogP contribution in [0.2, 0.25) is 5.02 Å². The van der Waals surface area contributed by atoms with Crippen LogP contribution < -0.4 is 5.32 Å². The van der Waals surface area contributed by atoms with Crippen LogP contribution in [-0.4, -0.2) is 11.1 Å². The molecule has 0 fully saturated rings. The van der Waals surface area contributed by atoms with Gasteiger partial charge in [0.15, 0.2) is 0 Å². The van der Waals surface area contributed by atoms with Crippen molar-refractivity contribution in [3.63, 3.8) is 0 Å². The molecule has 0 unspecified atom stereocenters. The molecule has 5 heteroatoms. The Bertz CT molecular complexity index is 643. The number of benzene rings is 2. The summed E-state index contributed by atoms with van der Waals surface area (Å²) in [4.78, 5) is 10.9. The van der Waals surface area contributed by atoms with Crippen LogP contribution in [0.3, 0.4) is 0 Å². The standard InChI is InChI=1S/C14H11ClFNO2/c1-8-6-10(3-4-11(8)14(18)19)17-13-5-2-9(16)7-12(13)15/h2-7,17H,1H3,(H,18,19). The molecule has 0 aromatic heterocycles. The smallest absolute Gasteiger partial charge is 0.335 e. The van der Waals surface area contributed by atoms with E-state index in [1.807, 2.05) is 0 Å². The third-order valence-electron chi connectivity index (χ3n) is 2.67. The molecule has 3 nitrogen and oxygen atoms in total. The van der Waals surface area contributed by atoms with E-state index in [0.717, 1.165) is 0 Å². The highest BCUT2D eigenvalue weighted by atomic mass is 35.5. The monoisotopic (exact) mass is 279 g/mol. The van der Waals surface area contributed by atoms with Gasteiger partial charge in [0.2, 0.25) is 0 Å².